The molecule has 0 aliphatic carbocycles. The smallest absolute Gasteiger partial charge is 0.410 e. The summed E-state index contributed by atoms with van der Waals surface area (Å²) in [6.07, 6.45) is -1.44. The molecule has 0 radical (unpaired) electrons. The number of carbonyl (C=O) groups is 1. The van der Waals surface area contributed by atoms with Crippen molar-refractivity contribution in [2.45, 2.75) is 37.4 Å². The first-order valence-corrected chi connectivity index (χ1v) is 5.47. The van der Waals surface area contributed by atoms with Crippen LogP contribution in [0.15, 0.2) is 0 Å². The van der Waals surface area contributed by atoms with Gasteiger partial charge in [-0.2, -0.15) is 0 Å². The van der Waals surface area contributed by atoms with Gasteiger partial charge in [-0.25, -0.2) is 9.18 Å². The van der Waals surface area contributed by atoms with E-state index in [1.807, 2.05) is 0 Å². The quantitative estimate of drug-likeness (QED) is 0.631. The minimum absolute atomic E-state index is 0.116. The second-order valence-electron chi connectivity index (χ2n) is 4.42. The average molecular weight is 268 g/mol. The van der Waals surface area contributed by atoms with Crippen LogP contribution in [0, 0.1) is 0 Å². The fourth-order valence-corrected chi connectivity index (χ4v) is 1.72. The number of likely N-dealkylation sites (tertiary alicyclic amines) is 1. The van der Waals surface area contributed by atoms with E-state index >= 15 is 0 Å². The predicted octanol–water partition coefficient (Wildman–Crippen LogP) is 2.34. The van der Waals surface area contributed by atoms with Crippen LogP contribution >= 0.6 is 15.9 Å². The Hall–Kier alpha value is -0.320. The van der Waals surface area contributed by atoms with Crippen molar-refractivity contribution in [1.82, 2.24) is 4.90 Å². The van der Waals surface area contributed by atoms with Gasteiger partial charge in [-0.1, -0.05) is 15.9 Å². The highest BCUT2D eigenvalue weighted by Crippen LogP contribution is 2.22. The summed E-state index contributed by atoms with van der Waals surface area (Å²) >= 11 is 3.17. The summed E-state index contributed by atoms with van der Waals surface area (Å²) in [7, 11) is 0. The number of halogens is 2. The summed E-state index contributed by atoms with van der Waals surface area (Å²) < 4.78 is 18.2. The van der Waals surface area contributed by atoms with E-state index in [9.17, 15) is 9.18 Å². The highest BCUT2D eigenvalue weighted by atomic mass is 79.9. The van der Waals surface area contributed by atoms with Gasteiger partial charge in [-0.15, -0.1) is 0 Å². The zero-order valence-corrected chi connectivity index (χ0v) is 10.2. The van der Waals surface area contributed by atoms with Crippen molar-refractivity contribution >= 4 is 22.0 Å². The Morgan fingerprint density at radius 1 is 1.50 bits per heavy atom. The molecule has 3 nitrogen and oxygen atoms in total. The van der Waals surface area contributed by atoms with Crippen LogP contribution in [-0.4, -0.2) is 40.7 Å². The Balaban J connectivity index is 2.48. The molecule has 14 heavy (non-hydrogen) atoms. The molecule has 0 saturated carbocycles. The zero-order valence-electron chi connectivity index (χ0n) is 8.59. The van der Waals surface area contributed by atoms with E-state index in [-0.39, 0.29) is 11.4 Å². The van der Waals surface area contributed by atoms with Gasteiger partial charge >= 0.3 is 6.09 Å². The number of rotatable bonds is 0. The topological polar surface area (TPSA) is 29.5 Å². The summed E-state index contributed by atoms with van der Waals surface area (Å²) in [5, 5.41) is 0. The van der Waals surface area contributed by atoms with E-state index in [1.54, 1.807) is 20.8 Å². The minimum atomic E-state index is -0.998. The molecule has 0 aromatic carbocycles. The van der Waals surface area contributed by atoms with Gasteiger partial charge in [-0.05, 0) is 20.8 Å². The molecular weight excluding hydrogens is 253 g/mol. The minimum Gasteiger partial charge on any atom is -0.444 e. The number of ether oxygens (including phenoxy) is 1. The summed E-state index contributed by atoms with van der Waals surface area (Å²) in [6.45, 7) is 5.86. The molecule has 0 spiro atoms. The first-order chi connectivity index (χ1) is 6.29. The third-order valence-electron chi connectivity index (χ3n) is 1.83. The second kappa shape index (κ2) is 4.04. The fourth-order valence-electron chi connectivity index (χ4n) is 1.20. The largest absolute Gasteiger partial charge is 0.444 e. The van der Waals surface area contributed by atoms with Gasteiger partial charge in [0.05, 0.1) is 11.4 Å². The first-order valence-electron chi connectivity index (χ1n) is 4.55. The van der Waals surface area contributed by atoms with Crippen molar-refractivity contribution in [3.8, 4) is 0 Å². The molecule has 0 N–H and O–H groups in total. The van der Waals surface area contributed by atoms with Gasteiger partial charge in [0.25, 0.3) is 0 Å². The van der Waals surface area contributed by atoms with E-state index in [1.165, 1.54) is 4.90 Å². The molecule has 2 atom stereocenters. The molecule has 82 valence electrons. The molecule has 1 rings (SSSR count). The van der Waals surface area contributed by atoms with E-state index in [4.69, 9.17) is 4.74 Å². The van der Waals surface area contributed by atoms with Gasteiger partial charge in [0, 0.05) is 6.54 Å². The van der Waals surface area contributed by atoms with Gasteiger partial charge in [0.1, 0.15) is 11.8 Å². The van der Waals surface area contributed by atoms with E-state index < -0.39 is 17.9 Å². The Bertz CT molecular complexity index is 219. The average Bonchev–Trinajstić information content (AvgIpc) is 2.28. The molecule has 5 heteroatoms. The van der Waals surface area contributed by atoms with Crippen molar-refractivity contribution in [2.24, 2.45) is 0 Å². The number of nitrogens with zero attached hydrogens (tertiary/aromatic N) is 1. The van der Waals surface area contributed by atoms with Crippen molar-refractivity contribution in [3.05, 3.63) is 0 Å². The van der Waals surface area contributed by atoms with Crippen LogP contribution in [0.1, 0.15) is 20.8 Å². The molecular formula is C9H15BrFNO2. The summed E-state index contributed by atoms with van der Waals surface area (Å²) in [5.41, 5.74) is -0.521. The number of carbonyl (C=O) groups excluding carboxylic acids is 1. The van der Waals surface area contributed by atoms with Crippen molar-refractivity contribution in [1.29, 1.82) is 0 Å². The van der Waals surface area contributed by atoms with Crippen LogP contribution in [0.2, 0.25) is 0 Å². The molecule has 1 saturated heterocycles. The van der Waals surface area contributed by atoms with Gasteiger partial charge in [-0.3, -0.25) is 0 Å². The zero-order chi connectivity index (χ0) is 10.9. The number of amides is 1. The maximum Gasteiger partial charge on any atom is 0.410 e. The van der Waals surface area contributed by atoms with E-state index in [0.29, 0.717) is 6.54 Å². The van der Waals surface area contributed by atoms with Crippen LogP contribution in [-0.2, 0) is 4.74 Å². The Kier molecular flexibility index (Phi) is 3.40. The van der Waals surface area contributed by atoms with Crippen LogP contribution in [0.3, 0.4) is 0 Å². The Morgan fingerprint density at radius 2 is 2.07 bits per heavy atom. The molecule has 1 aliphatic rings. The SMILES string of the molecule is CC(C)(C)OC(=O)N1C[C@@H](F)[C@@H](Br)C1. The molecule has 1 aliphatic heterocycles. The lowest BCUT2D eigenvalue weighted by Gasteiger charge is -2.24. The molecule has 1 heterocycles. The lowest BCUT2D eigenvalue weighted by Crippen LogP contribution is -2.35. The van der Waals surface area contributed by atoms with Crippen LogP contribution < -0.4 is 0 Å². The number of hydrogen-bond acceptors (Lipinski definition) is 2. The fraction of sp³-hybridized carbons (Fsp3) is 0.889. The van der Waals surface area contributed by atoms with Crippen LogP contribution in [0.4, 0.5) is 9.18 Å². The van der Waals surface area contributed by atoms with Gasteiger partial charge < -0.3 is 9.64 Å². The molecule has 1 amide bonds. The number of alkyl halides is 2. The molecule has 0 aromatic rings. The second-order valence-corrected chi connectivity index (χ2v) is 5.59. The third kappa shape index (κ3) is 3.12. The van der Waals surface area contributed by atoms with Gasteiger partial charge in [0.2, 0.25) is 0 Å². The third-order valence-corrected chi connectivity index (χ3v) is 2.70. The highest BCUT2D eigenvalue weighted by Gasteiger charge is 2.35. The van der Waals surface area contributed by atoms with Gasteiger partial charge in [0.15, 0.2) is 0 Å². The lowest BCUT2D eigenvalue weighted by molar-refractivity contribution is 0.0284. The maximum atomic E-state index is 13.1. The standard InChI is InChI=1S/C9H15BrFNO2/c1-9(2,3)14-8(13)12-4-6(10)7(11)5-12/h6-7H,4-5H2,1-3H3/t6-,7+/m0/s1. The van der Waals surface area contributed by atoms with Crippen LogP contribution in [0.25, 0.3) is 0 Å². The normalized spacial score (nSPS) is 27.9. The summed E-state index contributed by atoms with van der Waals surface area (Å²) in [5.74, 6) is 0. The molecule has 1 fully saturated rings. The monoisotopic (exact) mass is 267 g/mol. The summed E-state index contributed by atoms with van der Waals surface area (Å²) in [6, 6.07) is 0. The molecule has 0 unspecified atom stereocenters. The van der Waals surface area contributed by atoms with Crippen molar-refractivity contribution in [3.63, 3.8) is 0 Å². The van der Waals surface area contributed by atoms with Crippen molar-refractivity contribution < 1.29 is 13.9 Å². The predicted molar refractivity (Wildman–Crippen MR) is 55.4 cm³/mol. The van der Waals surface area contributed by atoms with Crippen LogP contribution in [0.5, 0.6) is 0 Å². The summed E-state index contributed by atoms with van der Waals surface area (Å²) in [4.78, 5) is 12.6. The Morgan fingerprint density at radius 3 is 2.43 bits per heavy atom. The lowest BCUT2D eigenvalue weighted by atomic mass is 10.2. The highest BCUT2D eigenvalue weighted by molar-refractivity contribution is 9.09. The van der Waals surface area contributed by atoms with Crippen molar-refractivity contribution in [2.75, 3.05) is 13.1 Å². The Labute approximate surface area is 91.7 Å². The molecule has 0 aromatic heterocycles. The van der Waals surface area contributed by atoms with E-state index in [0.717, 1.165) is 0 Å². The maximum absolute atomic E-state index is 13.1. The molecule has 0 bridgehead atoms. The van der Waals surface area contributed by atoms with E-state index in [2.05, 4.69) is 15.9 Å². The first kappa shape index (κ1) is 11.8. The number of hydrogen-bond donors (Lipinski definition) is 0.